The first-order chi connectivity index (χ1) is 11.1. The van der Waals surface area contributed by atoms with Gasteiger partial charge in [-0.2, -0.15) is 0 Å². The van der Waals surface area contributed by atoms with Crippen LogP contribution in [-0.2, 0) is 17.8 Å². The van der Waals surface area contributed by atoms with E-state index in [9.17, 15) is 4.79 Å². The Balaban J connectivity index is 1.56. The van der Waals surface area contributed by atoms with E-state index in [2.05, 4.69) is 34.5 Å². The summed E-state index contributed by atoms with van der Waals surface area (Å²) in [5.74, 6) is 0.0526. The number of nitrogens with one attached hydrogen (secondary N) is 1. The maximum absolute atomic E-state index is 12.3. The topological polar surface area (TPSA) is 32.3 Å². The fourth-order valence-corrected chi connectivity index (χ4v) is 3.24. The van der Waals surface area contributed by atoms with Crippen molar-refractivity contribution in [2.75, 3.05) is 13.1 Å². The van der Waals surface area contributed by atoms with Crippen LogP contribution in [0.2, 0.25) is 5.02 Å². The molecule has 3 rings (SSSR count). The van der Waals surface area contributed by atoms with Crippen LogP contribution in [0.3, 0.4) is 0 Å². The molecule has 1 N–H and O–H groups in total. The van der Waals surface area contributed by atoms with Gasteiger partial charge in [0.2, 0.25) is 5.91 Å². The van der Waals surface area contributed by atoms with Gasteiger partial charge in [0.15, 0.2) is 0 Å². The van der Waals surface area contributed by atoms with Gasteiger partial charge in [-0.15, -0.1) is 0 Å². The third kappa shape index (κ3) is 4.12. The molecule has 0 fully saturated rings. The van der Waals surface area contributed by atoms with Crippen LogP contribution >= 0.6 is 11.6 Å². The van der Waals surface area contributed by atoms with E-state index < -0.39 is 0 Å². The molecule has 0 aliphatic carbocycles. The lowest BCUT2D eigenvalue weighted by Crippen LogP contribution is -2.40. The maximum atomic E-state index is 12.3. The smallest absolute Gasteiger partial charge is 0.234 e. The summed E-state index contributed by atoms with van der Waals surface area (Å²) in [5, 5.41) is 3.75. The molecule has 4 heteroatoms. The Morgan fingerprint density at radius 2 is 2.00 bits per heavy atom. The second kappa shape index (κ2) is 7.16. The number of hydrogen-bond acceptors (Lipinski definition) is 2. The number of benzene rings is 2. The van der Waals surface area contributed by atoms with E-state index in [1.165, 1.54) is 11.1 Å². The minimum absolute atomic E-state index is 0.0433. The summed E-state index contributed by atoms with van der Waals surface area (Å²) in [7, 11) is 0. The van der Waals surface area contributed by atoms with E-state index >= 15 is 0 Å². The molecule has 1 atom stereocenters. The average Bonchev–Trinajstić information content (AvgIpc) is 2.54. The summed E-state index contributed by atoms with van der Waals surface area (Å²) in [6.07, 6.45) is 1.01. The zero-order chi connectivity index (χ0) is 16.2. The second-order valence-corrected chi connectivity index (χ2v) is 6.51. The molecule has 1 unspecified atom stereocenters. The highest BCUT2D eigenvalue weighted by molar-refractivity contribution is 6.30. The Hall–Kier alpha value is -1.84. The van der Waals surface area contributed by atoms with Crippen molar-refractivity contribution >= 4 is 17.5 Å². The predicted octanol–water partition coefficient (Wildman–Crippen LogP) is 3.58. The van der Waals surface area contributed by atoms with Gasteiger partial charge < -0.3 is 5.32 Å². The molecule has 120 valence electrons. The SMILES string of the molecule is CC(NC(=O)CN1CCc2ccccc2C1)c1cccc(Cl)c1. The molecule has 1 aliphatic rings. The average molecular weight is 329 g/mol. The molecular weight excluding hydrogens is 308 g/mol. The van der Waals surface area contributed by atoms with E-state index in [1.807, 2.05) is 31.2 Å². The summed E-state index contributed by atoms with van der Waals surface area (Å²) in [6.45, 7) is 4.18. The van der Waals surface area contributed by atoms with Crippen LogP contribution < -0.4 is 5.32 Å². The summed E-state index contributed by atoms with van der Waals surface area (Å²) >= 11 is 6.01. The molecule has 2 aromatic carbocycles. The largest absolute Gasteiger partial charge is 0.348 e. The van der Waals surface area contributed by atoms with Crippen LogP contribution in [0.1, 0.15) is 29.7 Å². The normalized spacial score (nSPS) is 15.7. The van der Waals surface area contributed by atoms with Crippen molar-refractivity contribution in [2.45, 2.75) is 25.9 Å². The molecule has 0 saturated heterocycles. The Labute approximate surface area is 142 Å². The Bertz CT molecular complexity index is 701. The molecular formula is C19H21ClN2O. The van der Waals surface area contributed by atoms with Crippen molar-refractivity contribution in [2.24, 2.45) is 0 Å². The molecule has 0 bridgehead atoms. The van der Waals surface area contributed by atoms with Crippen molar-refractivity contribution in [3.05, 3.63) is 70.2 Å². The van der Waals surface area contributed by atoms with Gasteiger partial charge in [-0.1, -0.05) is 48.0 Å². The van der Waals surface area contributed by atoms with E-state index in [0.717, 1.165) is 25.1 Å². The highest BCUT2D eigenvalue weighted by Gasteiger charge is 2.19. The first-order valence-electron chi connectivity index (χ1n) is 7.96. The van der Waals surface area contributed by atoms with Crippen LogP contribution in [0.15, 0.2) is 48.5 Å². The molecule has 0 radical (unpaired) electrons. The first kappa shape index (κ1) is 16.0. The van der Waals surface area contributed by atoms with E-state index in [-0.39, 0.29) is 11.9 Å². The number of amides is 1. The standard InChI is InChI=1S/C19H21ClN2O/c1-14(16-7-4-8-18(20)11-16)21-19(23)13-22-10-9-15-5-2-3-6-17(15)12-22/h2-8,11,14H,9-10,12-13H2,1H3,(H,21,23). The molecule has 0 saturated carbocycles. The van der Waals surface area contributed by atoms with Crippen LogP contribution in [0, 0.1) is 0 Å². The zero-order valence-corrected chi connectivity index (χ0v) is 14.0. The summed E-state index contributed by atoms with van der Waals surface area (Å²) in [6, 6.07) is 16.0. The third-order valence-electron chi connectivity index (χ3n) is 4.30. The van der Waals surface area contributed by atoms with Gasteiger partial charge in [-0.05, 0) is 42.2 Å². The Morgan fingerprint density at radius 3 is 2.78 bits per heavy atom. The monoisotopic (exact) mass is 328 g/mol. The van der Waals surface area contributed by atoms with Crippen LogP contribution in [0.4, 0.5) is 0 Å². The number of fused-ring (bicyclic) bond motifs is 1. The lowest BCUT2D eigenvalue weighted by molar-refractivity contribution is -0.123. The fraction of sp³-hybridized carbons (Fsp3) is 0.316. The number of carbonyl (C=O) groups excluding carboxylic acids is 1. The van der Waals surface area contributed by atoms with Gasteiger partial charge in [0.05, 0.1) is 12.6 Å². The minimum atomic E-state index is -0.0433. The highest BCUT2D eigenvalue weighted by atomic mass is 35.5. The van der Waals surface area contributed by atoms with Gasteiger partial charge >= 0.3 is 0 Å². The lowest BCUT2D eigenvalue weighted by atomic mass is 10.00. The summed E-state index contributed by atoms with van der Waals surface area (Å²) in [4.78, 5) is 14.5. The number of rotatable bonds is 4. The van der Waals surface area contributed by atoms with Gasteiger partial charge in [0, 0.05) is 18.1 Å². The van der Waals surface area contributed by atoms with Gasteiger partial charge in [-0.3, -0.25) is 9.69 Å². The zero-order valence-electron chi connectivity index (χ0n) is 13.3. The molecule has 1 amide bonds. The van der Waals surface area contributed by atoms with Crippen molar-refractivity contribution in [3.63, 3.8) is 0 Å². The summed E-state index contributed by atoms with van der Waals surface area (Å²) in [5.41, 5.74) is 3.75. The molecule has 1 aliphatic heterocycles. The van der Waals surface area contributed by atoms with Crippen molar-refractivity contribution in [1.29, 1.82) is 0 Å². The van der Waals surface area contributed by atoms with E-state index in [1.54, 1.807) is 0 Å². The van der Waals surface area contributed by atoms with Crippen LogP contribution in [0.5, 0.6) is 0 Å². The van der Waals surface area contributed by atoms with Crippen molar-refractivity contribution < 1.29 is 4.79 Å². The number of carbonyl (C=O) groups is 1. The van der Waals surface area contributed by atoms with Gasteiger partial charge in [0.25, 0.3) is 0 Å². The number of halogens is 1. The van der Waals surface area contributed by atoms with E-state index in [4.69, 9.17) is 11.6 Å². The predicted molar refractivity (Wildman–Crippen MR) is 93.4 cm³/mol. The Kier molecular flexibility index (Phi) is 4.99. The quantitative estimate of drug-likeness (QED) is 0.930. The molecule has 3 nitrogen and oxygen atoms in total. The second-order valence-electron chi connectivity index (χ2n) is 6.07. The van der Waals surface area contributed by atoms with E-state index in [0.29, 0.717) is 11.6 Å². The highest BCUT2D eigenvalue weighted by Crippen LogP contribution is 2.19. The third-order valence-corrected chi connectivity index (χ3v) is 4.54. The molecule has 2 aromatic rings. The molecule has 0 spiro atoms. The lowest BCUT2D eigenvalue weighted by Gasteiger charge is -2.28. The van der Waals surface area contributed by atoms with Crippen LogP contribution in [-0.4, -0.2) is 23.9 Å². The Morgan fingerprint density at radius 1 is 1.22 bits per heavy atom. The van der Waals surface area contributed by atoms with Gasteiger partial charge in [0.1, 0.15) is 0 Å². The molecule has 0 aromatic heterocycles. The fourth-order valence-electron chi connectivity index (χ4n) is 3.04. The van der Waals surface area contributed by atoms with Gasteiger partial charge in [-0.25, -0.2) is 0 Å². The maximum Gasteiger partial charge on any atom is 0.234 e. The number of hydrogen-bond donors (Lipinski definition) is 1. The minimum Gasteiger partial charge on any atom is -0.348 e. The molecule has 1 heterocycles. The number of nitrogens with zero attached hydrogens (tertiary/aromatic N) is 1. The van der Waals surface area contributed by atoms with Crippen LogP contribution in [0.25, 0.3) is 0 Å². The summed E-state index contributed by atoms with van der Waals surface area (Å²) < 4.78 is 0. The first-order valence-corrected chi connectivity index (χ1v) is 8.33. The van der Waals surface area contributed by atoms with Crippen molar-refractivity contribution in [3.8, 4) is 0 Å². The molecule has 23 heavy (non-hydrogen) atoms. The van der Waals surface area contributed by atoms with Crippen molar-refractivity contribution in [1.82, 2.24) is 10.2 Å².